The monoisotopic (exact) mass is 364 g/mol. The highest BCUT2D eigenvalue weighted by atomic mass is 14.2. The van der Waals surface area contributed by atoms with Gasteiger partial charge in [-0.25, -0.2) is 0 Å². The summed E-state index contributed by atoms with van der Waals surface area (Å²) in [4.78, 5) is 0. The molecule has 4 rings (SSSR count). The van der Waals surface area contributed by atoms with Crippen LogP contribution < -0.4 is 0 Å². The number of rotatable bonds is 2. The number of allylic oxidation sites excluding steroid dienone is 12. The van der Waals surface area contributed by atoms with Gasteiger partial charge in [-0.3, -0.25) is 0 Å². The van der Waals surface area contributed by atoms with E-state index in [-0.39, 0.29) is 10.8 Å². The number of hydrogen-bond donors (Lipinski definition) is 0. The van der Waals surface area contributed by atoms with Gasteiger partial charge in [-0.15, -0.1) is 0 Å². The molecule has 2 aliphatic rings. The third-order valence-corrected chi connectivity index (χ3v) is 5.49. The predicted octanol–water partition coefficient (Wildman–Crippen LogP) is 7.91. The maximum Gasteiger partial charge on any atom is 0.00109 e. The molecular weight excluding hydrogens is 336 g/mol. The van der Waals surface area contributed by atoms with Crippen molar-refractivity contribution in [2.75, 3.05) is 0 Å². The van der Waals surface area contributed by atoms with Crippen molar-refractivity contribution >= 4 is 21.9 Å². The maximum atomic E-state index is 2.29. The molecule has 0 amide bonds. The first-order valence-electron chi connectivity index (χ1n) is 10.0. The molecule has 28 heavy (non-hydrogen) atoms. The summed E-state index contributed by atoms with van der Waals surface area (Å²) in [5, 5.41) is 2.55. The van der Waals surface area contributed by atoms with Crippen LogP contribution >= 0.6 is 0 Å². The van der Waals surface area contributed by atoms with Gasteiger partial charge in [0.05, 0.1) is 0 Å². The molecule has 0 saturated carbocycles. The highest BCUT2D eigenvalue weighted by Gasteiger charge is 2.13. The molecule has 0 heteroatoms. The maximum absolute atomic E-state index is 2.29. The van der Waals surface area contributed by atoms with Gasteiger partial charge in [-0.1, -0.05) is 113 Å². The van der Waals surface area contributed by atoms with E-state index in [9.17, 15) is 0 Å². The van der Waals surface area contributed by atoms with Crippen LogP contribution in [0.4, 0.5) is 0 Å². The Kier molecular flexibility index (Phi) is 4.59. The molecule has 0 saturated heterocycles. The first-order valence-corrected chi connectivity index (χ1v) is 10.0. The molecule has 0 heterocycles. The highest BCUT2D eigenvalue weighted by molar-refractivity contribution is 5.91. The van der Waals surface area contributed by atoms with Crippen molar-refractivity contribution in [3.05, 3.63) is 108 Å². The molecule has 2 aliphatic carbocycles. The Labute approximate surface area is 169 Å². The van der Waals surface area contributed by atoms with E-state index in [0.29, 0.717) is 0 Å². The van der Waals surface area contributed by atoms with Crippen LogP contribution in [-0.2, 0) is 0 Å². The minimum absolute atomic E-state index is 0.104. The highest BCUT2D eigenvalue weighted by Crippen LogP contribution is 2.31. The molecule has 0 unspecified atom stereocenters. The Balaban J connectivity index is 1.68. The van der Waals surface area contributed by atoms with Crippen LogP contribution in [0.5, 0.6) is 0 Å². The Morgan fingerprint density at radius 3 is 1.39 bits per heavy atom. The Bertz CT molecular complexity index is 1000. The van der Waals surface area contributed by atoms with E-state index in [1.165, 1.54) is 33.0 Å². The second kappa shape index (κ2) is 6.95. The van der Waals surface area contributed by atoms with Gasteiger partial charge in [-0.05, 0) is 45.2 Å². The summed E-state index contributed by atoms with van der Waals surface area (Å²) in [6.07, 6.45) is 22.3. The first kappa shape index (κ1) is 18.5. The standard InChI is InChI=1S/C28H28/c1-27(2)15-5-7-21(13-17-27)23-9-11-26-20-24(10-12-25(26)19-23)22-8-6-16-28(3,4)18-14-22/h5-20H,1-4H3. The third kappa shape index (κ3) is 4.02. The van der Waals surface area contributed by atoms with E-state index in [2.05, 4.69) is 125 Å². The van der Waals surface area contributed by atoms with Crippen molar-refractivity contribution in [3.8, 4) is 0 Å². The second-order valence-corrected chi connectivity index (χ2v) is 9.05. The molecule has 0 fully saturated rings. The van der Waals surface area contributed by atoms with Crippen LogP contribution in [-0.4, -0.2) is 0 Å². The molecule has 0 radical (unpaired) electrons. The van der Waals surface area contributed by atoms with E-state index in [0.717, 1.165) is 0 Å². The van der Waals surface area contributed by atoms with E-state index < -0.39 is 0 Å². The van der Waals surface area contributed by atoms with Gasteiger partial charge >= 0.3 is 0 Å². The lowest BCUT2D eigenvalue weighted by Crippen LogP contribution is -2.00. The fourth-order valence-corrected chi connectivity index (χ4v) is 3.62. The number of hydrogen-bond acceptors (Lipinski definition) is 0. The van der Waals surface area contributed by atoms with E-state index >= 15 is 0 Å². The zero-order chi connectivity index (χ0) is 19.8. The molecule has 0 nitrogen and oxygen atoms in total. The first-order chi connectivity index (χ1) is 13.3. The van der Waals surface area contributed by atoms with Crippen LogP contribution in [0.3, 0.4) is 0 Å². The number of fused-ring (bicyclic) bond motifs is 1. The minimum Gasteiger partial charge on any atom is -0.0751 e. The fourth-order valence-electron chi connectivity index (χ4n) is 3.62. The van der Waals surface area contributed by atoms with Crippen LogP contribution in [0.1, 0.15) is 38.8 Å². The van der Waals surface area contributed by atoms with Crippen molar-refractivity contribution in [2.24, 2.45) is 10.8 Å². The van der Waals surface area contributed by atoms with Crippen molar-refractivity contribution in [3.63, 3.8) is 0 Å². The summed E-state index contributed by atoms with van der Waals surface area (Å²) in [5.41, 5.74) is 5.25. The molecule has 0 aromatic heterocycles. The average Bonchev–Trinajstić information content (AvgIpc) is 2.95. The Morgan fingerprint density at radius 1 is 0.536 bits per heavy atom. The van der Waals surface area contributed by atoms with Gasteiger partial charge in [0.2, 0.25) is 0 Å². The summed E-state index contributed by atoms with van der Waals surface area (Å²) in [6, 6.07) is 13.5. The van der Waals surface area contributed by atoms with Gasteiger partial charge in [0, 0.05) is 10.8 Å². The smallest absolute Gasteiger partial charge is 0.00109 e. The zero-order valence-corrected chi connectivity index (χ0v) is 17.2. The largest absolute Gasteiger partial charge is 0.0751 e. The summed E-state index contributed by atoms with van der Waals surface area (Å²) < 4.78 is 0. The van der Waals surface area contributed by atoms with E-state index in [1.807, 2.05) is 0 Å². The molecular formula is C28H28. The Morgan fingerprint density at radius 2 is 0.964 bits per heavy atom. The van der Waals surface area contributed by atoms with Gasteiger partial charge in [0.1, 0.15) is 0 Å². The molecule has 140 valence electrons. The van der Waals surface area contributed by atoms with E-state index in [4.69, 9.17) is 0 Å². The van der Waals surface area contributed by atoms with Crippen LogP contribution in [0.25, 0.3) is 21.9 Å². The molecule has 0 aliphatic heterocycles. The SMILES string of the molecule is CC1(C)C=CC=C(c2ccc3cc(C4=CC=CC(C)(C)C=C4)ccc3c2)C=C1. The third-order valence-electron chi connectivity index (χ3n) is 5.49. The van der Waals surface area contributed by atoms with Crippen molar-refractivity contribution in [1.29, 1.82) is 0 Å². The van der Waals surface area contributed by atoms with Gasteiger partial charge in [0.15, 0.2) is 0 Å². The topological polar surface area (TPSA) is 0 Å². The lowest BCUT2D eigenvalue weighted by Gasteiger charge is -2.13. The summed E-state index contributed by atoms with van der Waals surface area (Å²) >= 11 is 0. The quantitative estimate of drug-likeness (QED) is 0.508. The van der Waals surface area contributed by atoms with Gasteiger partial charge in [0.25, 0.3) is 0 Å². The zero-order valence-electron chi connectivity index (χ0n) is 17.2. The minimum atomic E-state index is 0.104. The summed E-state index contributed by atoms with van der Waals surface area (Å²) in [7, 11) is 0. The van der Waals surface area contributed by atoms with E-state index in [1.54, 1.807) is 0 Å². The van der Waals surface area contributed by atoms with Gasteiger partial charge in [-0.2, -0.15) is 0 Å². The molecule has 2 aromatic carbocycles. The van der Waals surface area contributed by atoms with Crippen LogP contribution in [0, 0.1) is 10.8 Å². The summed E-state index contributed by atoms with van der Waals surface area (Å²) in [5.74, 6) is 0. The van der Waals surface area contributed by atoms with Crippen LogP contribution in [0.2, 0.25) is 0 Å². The molecule has 0 bridgehead atoms. The molecule has 0 spiro atoms. The summed E-state index contributed by atoms with van der Waals surface area (Å²) in [6.45, 7) is 8.91. The van der Waals surface area contributed by atoms with Crippen LogP contribution in [0.15, 0.2) is 97.2 Å². The molecule has 2 aromatic rings. The van der Waals surface area contributed by atoms with Crippen molar-refractivity contribution < 1.29 is 0 Å². The molecule has 0 N–H and O–H groups in total. The fraction of sp³-hybridized carbons (Fsp3) is 0.214. The van der Waals surface area contributed by atoms with Crippen molar-refractivity contribution in [1.82, 2.24) is 0 Å². The second-order valence-electron chi connectivity index (χ2n) is 9.05. The lowest BCUT2D eigenvalue weighted by molar-refractivity contribution is 0.627. The Hall–Kier alpha value is -2.86. The predicted molar refractivity (Wildman–Crippen MR) is 124 cm³/mol. The van der Waals surface area contributed by atoms with Crippen molar-refractivity contribution in [2.45, 2.75) is 27.7 Å². The lowest BCUT2D eigenvalue weighted by atomic mass is 9.92. The molecule has 0 atom stereocenters. The van der Waals surface area contributed by atoms with Gasteiger partial charge < -0.3 is 0 Å². The normalized spacial score (nSPS) is 19.9. The number of benzene rings is 2. The average molecular weight is 365 g/mol.